The van der Waals surface area contributed by atoms with E-state index < -0.39 is 5.43 Å². The molecule has 0 saturated carbocycles. The standard InChI is InChI=1S/C17H16O7/c1-20-8-6-5-7-9-10(8)12(18)11-13(19)15(21-2)17(23-4)16(22-3)14(11)24-9/h5-7,19H,1-4H3. The fourth-order valence-electron chi connectivity index (χ4n) is 2.74. The van der Waals surface area contributed by atoms with Gasteiger partial charge in [0, 0.05) is 0 Å². The number of methoxy groups -OCH3 is 4. The zero-order valence-electron chi connectivity index (χ0n) is 13.6. The molecule has 1 aromatic heterocycles. The van der Waals surface area contributed by atoms with Crippen molar-refractivity contribution in [3.63, 3.8) is 0 Å². The summed E-state index contributed by atoms with van der Waals surface area (Å²) >= 11 is 0. The third-order valence-corrected chi connectivity index (χ3v) is 3.78. The van der Waals surface area contributed by atoms with Gasteiger partial charge in [-0.1, -0.05) is 6.07 Å². The lowest BCUT2D eigenvalue weighted by atomic mass is 10.1. The Morgan fingerprint density at radius 3 is 2.12 bits per heavy atom. The maximum Gasteiger partial charge on any atom is 0.211 e. The number of benzene rings is 2. The summed E-state index contributed by atoms with van der Waals surface area (Å²) in [4.78, 5) is 13.0. The highest BCUT2D eigenvalue weighted by Gasteiger charge is 2.27. The number of phenols is 1. The second-order valence-corrected chi connectivity index (χ2v) is 4.92. The number of ether oxygens (including phenoxy) is 4. The Morgan fingerprint density at radius 1 is 0.875 bits per heavy atom. The lowest BCUT2D eigenvalue weighted by Crippen LogP contribution is -2.07. The number of fused-ring (bicyclic) bond motifs is 2. The van der Waals surface area contributed by atoms with Crippen LogP contribution in [0.4, 0.5) is 0 Å². The molecule has 0 spiro atoms. The van der Waals surface area contributed by atoms with Crippen molar-refractivity contribution in [2.75, 3.05) is 28.4 Å². The van der Waals surface area contributed by atoms with Gasteiger partial charge >= 0.3 is 0 Å². The molecular formula is C17H16O7. The van der Waals surface area contributed by atoms with E-state index in [4.69, 9.17) is 23.4 Å². The molecule has 2 aromatic carbocycles. The highest BCUT2D eigenvalue weighted by Crippen LogP contribution is 2.50. The summed E-state index contributed by atoms with van der Waals surface area (Å²) in [5.41, 5.74) is -0.0874. The molecule has 0 aliphatic heterocycles. The second-order valence-electron chi connectivity index (χ2n) is 4.92. The Labute approximate surface area is 136 Å². The fourth-order valence-corrected chi connectivity index (χ4v) is 2.74. The monoisotopic (exact) mass is 332 g/mol. The van der Waals surface area contributed by atoms with Gasteiger partial charge in [-0.15, -0.1) is 0 Å². The first-order valence-corrected chi connectivity index (χ1v) is 7.03. The maximum atomic E-state index is 13.0. The summed E-state index contributed by atoms with van der Waals surface area (Å²) in [5, 5.41) is 10.7. The number of hydrogen-bond donors (Lipinski definition) is 1. The first kappa shape index (κ1) is 15.8. The van der Waals surface area contributed by atoms with E-state index in [0.717, 1.165) is 0 Å². The van der Waals surface area contributed by atoms with E-state index in [1.165, 1.54) is 28.4 Å². The summed E-state index contributed by atoms with van der Waals surface area (Å²) in [6, 6.07) is 4.97. The molecule has 0 aliphatic carbocycles. The molecular weight excluding hydrogens is 316 g/mol. The van der Waals surface area contributed by atoms with Crippen LogP contribution in [0.2, 0.25) is 0 Å². The number of aromatic hydroxyl groups is 1. The molecule has 0 amide bonds. The van der Waals surface area contributed by atoms with Crippen LogP contribution in [0.15, 0.2) is 27.4 Å². The maximum absolute atomic E-state index is 13.0. The molecule has 7 heteroatoms. The molecule has 0 unspecified atom stereocenters. The van der Waals surface area contributed by atoms with Gasteiger partial charge in [-0.05, 0) is 12.1 Å². The van der Waals surface area contributed by atoms with E-state index >= 15 is 0 Å². The van der Waals surface area contributed by atoms with Crippen molar-refractivity contribution >= 4 is 21.9 Å². The third kappa shape index (κ3) is 2.01. The fraction of sp³-hybridized carbons (Fsp3) is 0.235. The van der Waals surface area contributed by atoms with Crippen LogP contribution in [-0.2, 0) is 0 Å². The van der Waals surface area contributed by atoms with E-state index in [1.807, 2.05) is 0 Å². The van der Waals surface area contributed by atoms with Crippen molar-refractivity contribution in [3.05, 3.63) is 28.4 Å². The van der Waals surface area contributed by atoms with E-state index in [0.29, 0.717) is 11.3 Å². The molecule has 0 bridgehead atoms. The van der Waals surface area contributed by atoms with Gasteiger partial charge in [-0.2, -0.15) is 0 Å². The Hall–Kier alpha value is -3.09. The minimum Gasteiger partial charge on any atom is -0.504 e. The first-order valence-electron chi connectivity index (χ1n) is 7.03. The van der Waals surface area contributed by atoms with Crippen LogP contribution in [0.1, 0.15) is 0 Å². The molecule has 0 atom stereocenters. The van der Waals surface area contributed by atoms with E-state index in [9.17, 15) is 9.90 Å². The lowest BCUT2D eigenvalue weighted by Gasteiger charge is -2.16. The molecule has 0 aliphatic rings. The quantitative estimate of drug-likeness (QED) is 0.735. The first-order chi connectivity index (χ1) is 11.6. The van der Waals surface area contributed by atoms with Gasteiger partial charge in [-0.25, -0.2) is 0 Å². The van der Waals surface area contributed by atoms with Gasteiger partial charge in [0.25, 0.3) is 0 Å². The third-order valence-electron chi connectivity index (χ3n) is 3.78. The minimum atomic E-state index is -0.458. The molecule has 7 nitrogen and oxygen atoms in total. The van der Waals surface area contributed by atoms with Crippen molar-refractivity contribution in [2.45, 2.75) is 0 Å². The smallest absolute Gasteiger partial charge is 0.211 e. The molecule has 1 N–H and O–H groups in total. The van der Waals surface area contributed by atoms with Gasteiger partial charge in [0.15, 0.2) is 11.3 Å². The lowest BCUT2D eigenvalue weighted by molar-refractivity contribution is 0.311. The number of hydrogen-bond acceptors (Lipinski definition) is 7. The Bertz CT molecular complexity index is 988. The molecule has 0 radical (unpaired) electrons. The minimum absolute atomic E-state index is 0.0107. The normalized spacial score (nSPS) is 10.8. The molecule has 3 rings (SSSR count). The average Bonchev–Trinajstić information content (AvgIpc) is 2.60. The van der Waals surface area contributed by atoms with Crippen molar-refractivity contribution in [1.82, 2.24) is 0 Å². The van der Waals surface area contributed by atoms with Gasteiger partial charge in [0.05, 0.1) is 28.4 Å². The van der Waals surface area contributed by atoms with Crippen LogP contribution in [0.3, 0.4) is 0 Å². The topological polar surface area (TPSA) is 87.4 Å². The summed E-state index contributed by atoms with van der Waals surface area (Å²) < 4.78 is 26.8. The SMILES string of the molecule is COc1c(OC)c(O)c2c(=O)c3c(OC)cccc3oc2c1OC. The molecule has 3 aromatic rings. The second kappa shape index (κ2) is 5.84. The van der Waals surface area contributed by atoms with Crippen molar-refractivity contribution < 1.29 is 28.5 Å². The molecule has 1 heterocycles. The highest BCUT2D eigenvalue weighted by molar-refractivity contribution is 6.01. The Balaban J connectivity index is 2.64. The van der Waals surface area contributed by atoms with Crippen molar-refractivity contribution in [1.29, 1.82) is 0 Å². The summed E-state index contributed by atoms with van der Waals surface area (Å²) in [7, 11) is 5.61. The van der Waals surface area contributed by atoms with Crippen LogP contribution < -0.4 is 24.4 Å². The molecule has 0 saturated heterocycles. The summed E-state index contributed by atoms with van der Waals surface area (Å²) in [6.07, 6.45) is 0. The summed E-state index contributed by atoms with van der Waals surface area (Å²) in [5.74, 6) is 0.241. The van der Waals surface area contributed by atoms with Crippen LogP contribution >= 0.6 is 0 Å². The molecule has 24 heavy (non-hydrogen) atoms. The zero-order chi connectivity index (χ0) is 17.4. The number of rotatable bonds is 4. The van der Waals surface area contributed by atoms with Gasteiger partial charge in [0.2, 0.25) is 22.7 Å². The van der Waals surface area contributed by atoms with E-state index in [1.54, 1.807) is 18.2 Å². The van der Waals surface area contributed by atoms with E-state index in [2.05, 4.69) is 0 Å². The predicted octanol–water partition coefficient (Wildman–Crippen LogP) is 2.69. The highest BCUT2D eigenvalue weighted by atomic mass is 16.5. The van der Waals surface area contributed by atoms with E-state index in [-0.39, 0.29) is 39.4 Å². The average molecular weight is 332 g/mol. The molecule has 126 valence electrons. The van der Waals surface area contributed by atoms with Crippen LogP contribution in [0, 0.1) is 0 Å². The van der Waals surface area contributed by atoms with Gasteiger partial charge < -0.3 is 28.5 Å². The van der Waals surface area contributed by atoms with Gasteiger partial charge in [0.1, 0.15) is 22.1 Å². The zero-order valence-corrected chi connectivity index (χ0v) is 13.6. The summed E-state index contributed by atoms with van der Waals surface area (Å²) in [6.45, 7) is 0. The van der Waals surface area contributed by atoms with Crippen LogP contribution in [-0.4, -0.2) is 33.5 Å². The van der Waals surface area contributed by atoms with Crippen LogP contribution in [0.25, 0.3) is 21.9 Å². The number of phenolic OH excluding ortho intramolecular Hbond substituents is 1. The predicted molar refractivity (Wildman–Crippen MR) is 87.9 cm³/mol. The van der Waals surface area contributed by atoms with Crippen LogP contribution in [0.5, 0.6) is 28.7 Å². The van der Waals surface area contributed by atoms with Crippen molar-refractivity contribution in [3.8, 4) is 28.7 Å². The van der Waals surface area contributed by atoms with Crippen molar-refractivity contribution in [2.24, 2.45) is 0 Å². The molecule has 0 fully saturated rings. The largest absolute Gasteiger partial charge is 0.504 e. The Kier molecular flexibility index (Phi) is 3.84. The Morgan fingerprint density at radius 2 is 1.54 bits per heavy atom. The van der Waals surface area contributed by atoms with Gasteiger partial charge in [-0.3, -0.25) is 4.79 Å².